The van der Waals surface area contributed by atoms with Crippen LogP contribution < -0.4 is 10.6 Å². The summed E-state index contributed by atoms with van der Waals surface area (Å²) in [5, 5.41) is 13.7. The van der Waals surface area contributed by atoms with Crippen LogP contribution >= 0.6 is 0 Å². The SMILES string of the molecule is CCCc1nc(-c2ccc(NC(=O)CCCC(=O)Nc3ccc(-c4noc(CCC)n4)cc3)cc2)no1. The number of benzene rings is 2. The van der Waals surface area contributed by atoms with Crippen LogP contribution in [0.4, 0.5) is 11.4 Å². The van der Waals surface area contributed by atoms with Crippen LogP contribution in [0.5, 0.6) is 0 Å². The predicted octanol–water partition coefficient (Wildman–Crippen LogP) is 5.44. The average Bonchev–Trinajstić information content (AvgIpc) is 3.56. The minimum absolute atomic E-state index is 0.155. The van der Waals surface area contributed by atoms with Crippen LogP contribution in [-0.2, 0) is 22.4 Å². The molecule has 2 amide bonds. The molecular formula is C27H30N6O4. The van der Waals surface area contributed by atoms with Crippen molar-refractivity contribution in [2.45, 2.75) is 58.8 Å². The molecule has 0 spiro atoms. The summed E-state index contributed by atoms with van der Waals surface area (Å²) in [7, 11) is 0. The van der Waals surface area contributed by atoms with E-state index in [1.807, 2.05) is 38.1 Å². The average molecular weight is 503 g/mol. The molecular weight excluding hydrogens is 472 g/mol. The van der Waals surface area contributed by atoms with Gasteiger partial charge in [0.1, 0.15) is 0 Å². The van der Waals surface area contributed by atoms with Gasteiger partial charge in [0.25, 0.3) is 0 Å². The zero-order valence-electron chi connectivity index (χ0n) is 21.0. The zero-order valence-corrected chi connectivity index (χ0v) is 21.0. The first-order valence-corrected chi connectivity index (χ1v) is 12.5. The fourth-order valence-electron chi connectivity index (χ4n) is 3.64. The highest BCUT2D eigenvalue weighted by Gasteiger charge is 2.11. The molecule has 10 heteroatoms. The Kier molecular flexibility index (Phi) is 8.75. The lowest BCUT2D eigenvalue weighted by Gasteiger charge is -2.07. The number of amides is 2. The fourth-order valence-corrected chi connectivity index (χ4v) is 3.64. The highest BCUT2D eigenvalue weighted by molar-refractivity contribution is 5.93. The first kappa shape index (κ1) is 25.7. The van der Waals surface area contributed by atoms with E-state index in [0.29, 0.717) is 41.2 Å². The van der Waals surface area contributed by atoms with Gasteiger partial charge < -0.3 is 19.7 Å². The molecule has 0 radical (unpaired) electrons. The number of carbonyl (C=O) groups excluding carboxylic acids is 2. The van der Waals surface area contributed by atoms with E-state index < -0.39 is 0 Å². The molecule has 0 saturated carbocycles. The predicted molar refractivity (Wildman–Crippen MR) is 139 cm³/mol. The summed E-state index contributed by atoms with van der Waals surface area (Å²) in [5.41, 5.74) is 2.96. The Hall–Kier alpha value is -4.34. The Morgan fingerprint density at radius 1 is 0.676 bits per heavy atom. The highest BCUT2D eigenvalue weighted by atomic mass is 16.5. The third-order valence-corrected chi connectivity index (χ3v) is 5.53. The second-order valence-electron chi connectivity index (χ2n) is 8.63. The number of nitrogens with zero attached hydrogens (tertiary/aromatic N) is 4. The summed E-state index contributed by atoms with van der Waals surface area (Å²) in [4.78, 5) is 33.3. The second-order valence-corrected chi connectivity index (χ2v) is 8.63. The first-order valence-electron chi connectivity index (χ1n) is 12.5. The number of hydrogen-bond acceptors (Lipinski definition) is 8. The molecule has 4 aromatic rings. The zero-order chi connectivity index (χ0) is 26.0. The van der Waals surface area contributed by atoms with Gasteiger partial charge in [-0.2, -0.15) is 9.97 Å². The molecule has 0 aliphatic carbocycles. The topological polar surface area (TPSA) is 136 Å². The molecule has 0 bridgehead atoms. The molecule has 2 N–H and O–H groups in total. The Labute approximate surface area is 214 Å². The molecule has 37 heavy (non-hydrogen) atoms. The van der Waals surface area contributed by atoms with Crippen LogP contribution in [0.25, 0.3) is 22.8 Å². The van der Waals surface area contributed by atoms with Crippen LogP contribution in [0.2, 0.25) is 0 Å². The maximum Gasteiger partial charge on any atom is 0.226 e. The van der Waals surface area contributed by atoms with Crippen LogP contribution in [0, 0.1) is 0 Å². The Balaban J connectivity index is 1.18. The van der Waals surface area contributed by atoms with E-state index in [-0.39, 0.29) is 24.7 Å². The lowest BCUT2D eigenvalue weighted by molar-refractivity contribution is -0.117. The van der Waals surface area contributed by atoms with E-state index in [9.17, 15) is 9.59 Å². The number of rotatable bonds is 12. The van der Waals surface area contributed by atoms with Gasteiger partial charge in [0.15, 0.2) is 0 Å². The fraction of sp³-hybridized carbons (Fsp3) is 0.333. The summed E-state index contributed by atoms with van der Waals surface area (Å²) >= 11 is 0. The lowest BCUT2D eigenvalue weighted by Crippen LogP contribution is -2.14. The first-order chi connectivity index (χ1) is 18.0. The van der Waals surface area contributed by atoms with Gasteiger partial charge in [0, 0.05) is 48.2 Å². The van der Waals surface area contributed by atoms with E-state index in [1.54, 1.807) is 24.3 Å². The normalized spacial score (nSPS) is 10.9. The minimum Gasteiger partial charge on any atom is -0.339 e. The second kappa shape index (κ2) is 12.6. The molecule has 10 nitrogen and oxygen atoms in total. The highest BCUT2D eigenvalue weighted by Crippen LogP contribution is 2.21. The quantitative estimate of drug-likeness (QED) is 0.261. The summed E-state index contributed by atoms with van der Waals surface area (Å²) in [6.45, 7) is 4.10. The third kappa shape index (κ3) is 7.33. The van der Waals surface area contributed by atoms with Crippen molar-refractivity contribution < 1.29 is 18.6 Å². The van der Waals surface area contributed by atoms with Crippen LogP contribution in [0.3, 0.4) is 0 Å². The number of anilines is 2. The molecule has 0 unspecified atom stereocenters. The Bertz CT molecular complexity index is 1210. The van der Waals surface area contributed by atoms with E-state index in [1.165, 1.54) is 0 Å². The molecule has 192 valence electrons. The van der Waals surface area contributed by atoms with Crippen molar-refractivity contribution in [1.82, 2.24) is 20.3 Å². The summed E-state index contributed by atoms with van der Waals surface area (Å²) in [5.74, 6) is 1.96. The van der Waals surface area contributed by atoms with E-state index in [0.717, 1.165) is 36.8 Å². The summed E-state index contributed by atoms with van der Waals surface area (Å²) < 4.78 is 10.4. The van der Waals surface area contributed by atoms with Crippen molar-refractivity contribution in [3.63, 3.8) is 0 Å². The van der Waals surface area contributed by atoms with Crippen molar-refractivity contribution in [3.05, 3.63) is 60.3 Å². The molecule has 0 aliphatic rings. The van der Waals surface area contributed by atoms with Gasteiger partial charge in [-0.25, -0.2) is 0 Å². The Morgan fingerprint density at radius 3 is 1.46 bits per heavy atom. The van der Waals surface area contributed by atoms with Gasteiger partial charge in [-0.15, -0.1) is 0 Å². The molecule has 2 aromatic heterocycles. The van der Waals surface area contributed by atoms with Crippen LogP contribution in [0.1, 0.15) is 57.7 Å². The molecule has 0 fully saturated rings. The molecule has 0 aliphatic heterocycles. The lowest BCUT2D eigenvalue weighted by atomic mass is 10.1. The molecule has 4 rings (SSSR count). The van der Waals surface area contributed by atoms with E-state index in [4.69, 9.17) is 9.05 Å². The summed E-state index contributed by atoms with van der Waals surface area (Å²) in [6, 6.07) is 14.5. The monoisotopic (exact) mass is 502 g/mol. The maximum absolute atomic E-state index is 12.3. The van der Waals surface area contributed by atoms with Gasteiger partial charge in [-0.3, -0.25) is 9.59 Å². The van der Waals surface area contributed by atoms with Gasteiger partial charge in [-0.1, -0.05) is 24.2 Å². The van der Waals surface area contributed by atoms with Crippen molar-refractivity contribution in [2.75, 3.05) is 10.6 Å². The largest absolute Gasteiger partial charge is 0.339 e. The number of carbonyl (C=O) groups is 2. The number of hydrogen-bond donors (Lipinski definition) is 2. The van der Waals surface area contributed by atoms with Gasteiger partial charge in [0.05, 0.1) is 0 Å². The van der Waals surface area contributed by atoms with Crippen molar-refractivity contribution in [3.8, 4) is 22.8 Å². The number of aryl methyl sites for hydroxylation is 2. The maximum atomic E-state index is 12.3. The van der Waals surface area contributed by atoms with Gasteiger partial charge in [-0.05, 0) is 67.8 Å². The molecule has 0 atom stereocenters. The van der Waals surface area contributed by atoms with Gasteiger partial charge in [0.2, 0.25) is 35.2 Å². The van der Waals surface area contributed by atoms with Crippen molar-refractivity contribution in [2.24, 2.45) is 0 Å². The van der Waals surface area contributed by atoms with E-state index >= 15 is 0 Å². The molecule has 0 saturated heterocycles. The summed E-state index contributed by atoms with van der Waals surface area (Å²) in [6.07, 6.45) is 4.25. The van der Waals surface area contributed by atoms with Crippen LogP contribution in [0.15, 0.2) is 57.6 Å². The number of aromatic nitrogens is 4. The standard InChI is InChI=1S/C27H30N6O4/c1-3-6-24-30-26(32-36-24)18-10-14-20(15-11-18)28-22(34)8-5-9-23(35)29-21-16-12-19(13-17-21)27-31-25(7-4-2)37-33-27/h10-17H,3-9H2,1-2H3,(H,28,34)(H,29,35). The smallest absolute Gasteiger partial charge is 0.226 e. The van der Waals surface area contributed by atoms with Gasteiger partial charge >= 0.3 is 0 Å². The van der Waals surface area contributed by atoms with Crippen molar-refractivity contribution in [1.29, 1.82) is 0 Å². The Morgan fingerprint density at radius 2 is 1.08 bits per heavy atom. The minimum atomic E-state index is -0.155. The van der Waals surface area contributed by atoms with E-state index in [2.05, 4.69) is 30.9 Å². The third-order valence-electron chi connectivity index (χ3n) is 5.53. The molecule has 2 aromatic carbocycles. The molecule has 2 heterocycles. The van der Waals surface area contributed by atoms with Crippen LogP contribution in [-0.4, -0.2) is 32.1 Å². The number of nitrogens with one attached hydrogen (secondary N) is 2. The van der Waals surface area contributed by atoms with Crippen molar-refractivity contribution >= 4 is 23.2 Å².